The van der Waals surface area contributed by atoms with Gasteiger partial charge in [-0.1, -0.05) is 36.4 Å². The average Bonchev–Trinajstić information content (AvgIpc) is 2.71. The van der Waals surface area contributed by atoms with Gasteiger partial charge in [0.25, 0.3) is 11.1 Å². The number of nitrogens with zero attached hydrogens (tertiary/aromatic N) is 2. The molecule has 0 atom stereocenters. The van der Waals surface area contributed by atoms with Gasteiger partial charge in [0.05, 0.1) is 11.0 Å². The number of para-hydroxylation sites is 2. The third-order valence-corrected chi connectivity index (χ3v) is 12.0. The molecule has 0 fully saturated rings. The van der Waals surface area contributed by atoms with Crippen molar-refractivity contribution in [1.82, 2.24) is 9.13 Å². The van der Waals surface area contributed by atoms with Crippen LogP contribution >= 0.6 is 0 Å². The average molecular weight is 449 g/mol. The molecule has 4 aromatic rings. The first-order valence-electron chi connectivity index (χ1n) is 10.5. The van der Waals surface area contributed by atoms with Crippen LogP contribution in [0.15, 0.2) is 82.4 Å². The molecule has 2 heterocycles. The number of rotatable bonds is 6. The summed E-state index contributed by atoms with van der Waals surface area (Å²) in [6, 6.07) is 22.9. The molecular weight excluding hydrogens is 420 g/mol. The Morgan fingerprint density at radius 1 is 0.613 bits per heavy atom. The van der Waals surface area contributed by atoms with E-state index in [9.17, 15) is 9.59 Å². The first-order chi connectivity index (χ1) is 14.7. The van der Waals surface area contributed by atoms with Crippen LogP contribution in [0.1, 0.15) is 0 Å². The molecule has 0 aliphatic heterocycles. The normalized spacial score (nSPS) is 12.5. The predicted octanol–water partition coefficient (Wildman–Crippen LogP) is 4.52. The van der Waals surface area contributed by atoms with E-state index in [0.717, 1.165) is 21.8 Å². The Kier molecular flexibility index (Phi) is 5.59. The number of hydrogen-bond acceptors (Lipinski definition) is 3. The Balaban J connectivity index is 1.63. The maximum Gasteiger partial charge on any atom is 0.250 e. The van der Waals surface area contributed by atoms with E-state index in [0.29, 0.717) is 12.3 Å². The zero-order chi connectivity index (χ0) is 22.2. The molecule has 4 rings (SSSR count). The van der Waals surface area contributed by atoms with Crippen LogP contribution in [-0.2, 0) is 16.5 Å². The molecule has 160 valence electrons. The molecule has 0 N–H and O–H groups in total. The molecule has 0 aliphatic carbocycles. The van der Waals surface area contributed by atoms with Crippen LogP contribution in [0.2, 0.25) is 26.2 Å². The lowest BCUT2D eigenvalue weighted by Gasteiger charge is -2.35. The first-order valence-corrected chi connectivity index (χ1v) is 16.8. The van der Waals surface area contributed by atoms with Crippen LogP contribution in [-0.4, -0.2) is 25.8 Å². The summed E-state index contributed by atoms with van der Waals surface area (Å²) in [6.45, 7) is 8.62. The Hall–Kier alpha value is -2.75. The quantitative estimate of drug-likeness (QED) is 0.408. The van der Waals surface area contributed by atoms with Crippen LogP contribution < -0.4 is 11.1 Å². The predicted molar refractivity (Wildman–Crippen MR) is 132 cm³/mol. The summed E-state index contributed by atoms with van der Waals surface area (Å²) in [5.41, 5.74) is 1.85. The van der Waals surface area contributed by atoms with Gasteiger partial charge in [0.1, 0.15) is 0 Å². The van der Waals surface area contributed by atoms with E-state index in [-0.39, 0.29) is 11.1 Å². The van der Waals surface area contributed by atoms with Gasteiger partial charge in [-0.2, -0.15) is 0 Å². The number of aromatic nitrogens is 2. The van der Waals surface area contributed by atoms with Gasteiger partial charge in [-0.15, -0.1) is 0 Å². The molecule has 0 amide bonds. The maximum absolute atomic E-state index is 12.7. The van der Waals surface area contributed by atoms with Crippen molar-refractivity contribution in [2.75, 3.05) is 0 Å². The van der Waals surface area contributed by atoms with Crippen molar-refractivity contribution in [2.45, 2.75) is 38.5 Å². The highest BCUT2D eigenvalue weighted by atomic mass is 28.4. The lowest BCUT2D eigenvalue weighted by atomic mass is 10.2. The molecule has 7 heteroatoms. The minimum atomic E-state index is -2.26. The van der Waals surface area contributed by atoms with E-state index < -0.39 is 16.6 Å². The van der Waals surface area contributed by atoms with Gasteiger partial charge in [-0.25, -0.2) is 0 Å². The number of fused-ring (bicyclic) bond motifs is 2. The number of hydrogen-bond donors (Lipinski definition) is 0. The third kappa shape index (κ3) is 4.63. The molecule has 0 saturated heterocycles. The van der Waals surface area contributed by atoms with Crippen molar-refractivity contribution in [3.8, 4) is 0 Å². The zero-order valence-electron chi connectivity index (χ0n) is 18.5. The molecule has 0 bridgehead atoms. The van der Waals surface area contributed by atoms with Crippen molar-refractivity contribution in [2.24, 2.45) is 0 Å². The fraction of sp³-hybridized carbons (Fsp3) is 0.250. The second-order valence-electron chi connectivity index (χ2n) is 9.25. The minimum Gasteiger partial charge on any atom is -0.453 e. The summed E-state index contributed by atoms with van der Waals surface area (Å²) in [4.78, 5) is 25.3. The van der Waals surface area contributed by atoms with Crippen molar-refractivity contribution in [1.29, 1.82) is 0 Å². The fourth-order valence-corrected chi connectivity index (χ4v) is 13.1. The molecule has 2 aromatic heterocycles. The number of benzene rings is 2. The Labute approximate surface area is 183 Å². The standard InChI is InChI=1S/C24H28N2O3Si2/c1-30(2,17-25-21-11-7-5-9-19(21)13-15-23(25)27)29-31(3,4)18-26-22-12-8-6-10-20(22)14-16-24(26)28/h5-16H,17-18H2,1-4H3. The molecule has 0 aliphatic rings. The third-order valence-electron chi connectivity index (χ3n) is 5.43. The van der Waals surface area contributed by atoms with Crippen molar-refractivity contribution in [3.05, 3.63) is 93.5 Å². The summed E-state index contributed by atoms with van der Waals surface area (Å²) in [5, 5.41) is 2.09. The Morgan fingerprint density at radius 2 is 1.00 bits per heavy atom. The molecule has 0 spiro atoms. The minimum absolute atomic E-state index is 0.00683. The lowest BCUT2D eigenvalue weighted by molar-refractivity contribution is 0.508. The zero-order valence-corrected chi connectivity index (χ0v) is 20.5. The molecule has 0 unspecified atom stereocenters. The van der Waals surface area contributed by atoms with E-state index in [4.69, 9.17) is 4.12 Å². The molecule has 5 nitrogen and oxygen atoms in total. The lowest BCUT2D eigenvalue weighted by Crippen LogP contribution is -2.51. The van der Waals surface area contributed by atoms with Crippen LogP contribution in [0.3, 0.4) is 0 Å². The molecule has 31 heavy (non-hydrogen) atoms. The fourth-order valence-electron chi connectivity index (χ4n) is 4.39. The van der Waals surface area contributed by atoms with E-state index >= 15 is 0 Å². The van der Waals surface area contributed by atoms with Gasteiger partial charge >= 0.3 is 0 Å². The molecule has 0 radical (unpaired) electrons. The van der Waals surface area contributed by atoms with E-state index in [1.54, 1.807) is 12.1 Å². The second kappa shape index (κ2) is 8.07. The number of pyridine rings is 2. The Bertz CT molecular complexity index is 1270. The van der Waals surface area contributed by atoms with Gasteiger partial charge in [0, 0.05) is 24.5 Å². The largest absolute Gasteiger partial charge is 0.453 e. The highest BCUT2D eigenvalue weighted by Gasteiger charge is 2.35. The van der Waals surface area contributed by atoms with Gasteiger partial charge in [0.15, 0.2) is 16.6 Å². The van der Waals surface area contributed by atoms with Crippen LogP contribution in [0, 0.1) is 0 Å². The van der Waals surface area contributed by atoms with Crippen LogP contribution in [0.25, 0.3) is 21.8 Å². The summed E-state index contributed by atoms with van der Waals surface area (Å²) >= 11 is 0. The van der Waals surface area contributed by atoms with E-state index in [2.05, 4.69) is 26.2 Å². The van der Waals surface area contributed by atoms with Crippen molar-refractivity contribution in [3.63, 3.8) is 0 Å². The summed E-state index contributed by atoms with van der Waals surface area (Å²) in [7, 11) is -4.52. The molecule has 0 saturated carbocycles. The SMILES string of the molecule is C[Si](C)(Cn1c(=O)ccc2ccccc21)O[Si](C)(C)Cn1c(=O)ccc2ccccc21. The summed E-state index contributed by atoms with van der Waals surface area (Å²) in [5.74, 6) is 0. The first kappa shape index (κ1) is 21.5. The van der Waals surface area contributed by atoms with E-state index in [1.165, 1.54) is 0 Å². The van der Waals surface area contributed by atoms with Gasteiger partial charge in [0.2, 0.25) is 0 Å². The highest BCUT2D eigenvalue weighted by Crippen LogP contribution is 2.21. The maximum atomic E-state index is 12.7. The Morgan fingerprint density at radius 3 is 1.42 bits per heavy atom. The van der Waals surface area contributed by atoms with Gasteiger partial charge in [-0.3, -0.25) is 9.59 Å². The highest BCUT2D eigenvalue weighted by molar-refractivity contribution is 6.83. The van der Waals surface area contributed by atoms with Crippen LogP contribution in [0.4, 0.5) is 0 Å². The monoisotopic (exact) mass is 448 g/mol. The van der Waals surface area contributed by atoms with Gasteiger partial charge in [-0.05, 0) is 61.2 Å². The van der Waals surface area contributed by atoms with Gasteiger partial charge < -0.3 is 13.2 Å². The van der Waals surface area contributed by atoms with Crippen LogP contribution in [0.5, 0.6) is 0 Å². The second-order valence-corrected chi connectivity index (χ2v) is 17.7. The topological polar surface area (TPSA) is 53.2 Å². The molecular formula is C24H28N2O3Si2. The van der Waals surface area contributed by atoms with Crippen molar-refractivity contribution >= 4 is 38.4 Å². The summed E-state index contributed by atoms with van der Waals surface area (Å²) in [6.07, 6.45) is 1.15. The summed E-state index contributed by atoms with van der Waals surface area (Å²) < 4.78 is 10.5. The smallest absolute Gasteiger partial charge is 0.250 e. The van der Waals surface area contributed by atoms with Crippen molar-refractivity contribution < 1.29 is 4.12 Å². The van der Waals surface area contributed by atoms with E-state index in [1.807, 2.05) is 69.8 Å². The molecule has 2 aromatic carbocycles.